The van der Waals surface area contributed by atoms with E-state index in [4.69, 9.17) is 0 Å². The Bertz CT molecular complexity index is 404. The molecule has 0 aliphatic heterocycles. The van der Waals surface area contributed by atoms with Crippen LogP contribution in [-0.4, -0.2) is 11.7 Å². The normalized spacial score (nSPS) is 11.0. The molecule has 0 unspecified atom stereocenters. The number of carbonyl (C=O) groups excluding carboxylic acids is 2. The summed E-state index contributed by atoms with van der Waals surface area (Å²) < 4.78 is 0. The second-order valence-corrected chi connectivity index (χ2v) is 4.44. The van der Waals surface area contributed by atoms with Gasteiger partial charge in [-0.15, -0.1) is 0 Å². The number of nitrogens with one attached hydrogen (secondary N) is 1. The van der Waals surface area contributed by atoms with Crippen LogP contribution in [0.15, 0.2) is 24.3 Å². The minimum atomic E-state index is -0.416. The Labute approximate surface area is 95.9 Å². The van der Waals surface area contributed by atoms with E-state index in [0.29, 0.717) is 5.56 Å². The third kappa shape index (κ3) is 2.92. The van der Waals surface area contributed by atoms with Gasteiger partial charge in [-0.05, 0) is 26.3 Å². The van der Waals surface area contributed by atoms with Gasteiger partial charge in [0, 0.05) is 12.5 Å². The highest BCUT2D eigenvalue weighted by atomic mass is 16.1. The molecule has 0 aromatic heterocycles. The third-order valence-electron chi connectivity index (χ3n) is 2.50. The van der Waals surface area contributed by atoms with Crippen LogP contribution < -0.4 is 5.32 Å². The zero-order valence-corrected chi connectivity index (χ0v) is 10.1. The molecule has 0 radical (unpaired) electrons. The number of carbonyl (C=O) groups is 2. The van der Waals surface area contributed by atoms with E-state index >= 15 is 0 Å². The number of ketones is 1. The maximum Gasteiger partial charge on any atom is 0.217 e. The molecule has 0 saturated heterocycles. The molecule has 1 aromatic carbocycles. The largest absolute Gasteiger partial charge is 0.347 e. The Balaban J connectivity index is 2.96. The highest BCUT2D eigenvalue weighted by molar-refractivity contribution is 5.94. The fourth-order valence-corrected chi connectivity index (χ4v) is 1.63. The summed E-state index contributed by atoms with van der Waals surface area (Å²) in [6.45, 7) is 6.88. The molecular formula is C13H17NO2. The lowest BCUT2D eigenvalue weighted by atomic mass is 9.93. The van der Waals surface area contributed by atoms with Gasteiger partial charge in [0.25, 0.3) is 0 Å². The Morgan fingerprint density at radius 1 is 1.06 bits per heavy atom. The first-order valence-electron chi connectivity index (χ1n) is 5.23. The molecule has 0 aliphatic carbocycles. The number of benzene rings is 1. The first-order valence-corrected chi connectivity index (χ1v) is 5.23. The number of hydrogen-bond donors (Lipinski definition) is 1. The van der Waals surface area contributed by atoms with Crippen molar-refractivity contribution in [2.75, 3.05) is 0 Å². The fraction of sp³-hybridized carbons (Fsp3) is 0.385. The van der Waals surface area contributed by atoms with Crippen LogP contribution >= 0.6 is 0 Å². The lowest BCUT2D eigenvalue weighted by Gasteiger charge is -2.26. The highest BCUT2D eigenvalue weighted by Gasteiger charge is 2.21. The molecular weight excluding hydrogens is 202 g/mol. The second kappa shape index (κ2) is 4.47. The Hall–Kier alpha value is -1.64. The molecule has 3 heteroatoms. The van der Waals surface area contributed by atoms with Gasteiger partial charge in [-0.1, -0.05) is 24.3 Å². The van der Waals surface area contributed by atoms with E-state index in [1.807, 2.05) is 26.0 Å². The van der Waals surface area contributed by atoms with E-state index in [2.05, 4.69) is 5.32 Å². The topological polar surface area (TPSA) is 46.2 Å². The number of amides is 1. The predicted molar refractivity (Wildman–Crippen MR) is 63.3 cm³/mol. The SMILES string of the molecule is CC(=O)NC(C)(C)c1ccc(C(C)=O)cc1. The van der Waals surface area contributed by atoms with E-state index in [9.17, 15) is 9.59 Å². The molecule has 0 bridgehead atoms. The molecule has 1 rings (SSSR count). The molecule has 0 saturated carbocycles. The minimum absolute atomic E-state index is 0.0453. The lowest BCUT2D eigenvalue weighted by molar-refractivity contribution is -0.120. The summed E-state index contributed by atoms with van der Waals surface area (Å²) in [6, 6.07) is 7.29. The van der Waals surface area contributed by atoms with Crippen molar-refractivity contribution in [3.05, 3.63) is 35.4 Å². The smallest absolute Gasteiger partial charge is 0.217 e. The Morgan fingerprint density at radius 2 is 1.56 bits per heavy atom. The number of rotatable bonds is 3. The summed E-state index contributed by atoms with van der Waals surface area (Å²) in [5, 5.41) is 2.86. The van der Waals surface area contributed by atoms with Crippen LogP contribution in [0.2, 0.25) is 0 Å². The number of hydrogen-bond acceptors (Lipinski definition) is 2. The van der Waals surface area contributed by atoms with Gasteiger partial charge in [-0.3, -0.25) is 9.59 Å². The van der Waals surface area contributed by atoms with Crippen molar-refractivity contribution in [3.8, 4) is 0 Å². The van der Waals surface area contributed by atoms with E-state index in [-0.39, 0.29) is 11.7 Å². The average molecular weight is 219 g/mol. The highest BCUT2D eigenvalue weighted by Crippen LogP contribution is 2.20. The third-order valence-corrected chi connectivity index (χ3v) is 2.50. The van der Waals surface area contributed by atoms with Crippen molar-refractivity contribution in [3.63, 3.8) is 0 Å². The van der Waals surface area contributed by atoms with Crippen LogP contribution in [0.1, 0.15) is 43.6 Å². The molecule has 0 spiro atoms. The van der Waals surface area contributed by atoms with Crippen LogP contribution in [-0.2, 0) is 10.3 Å². The molecule has 1 amide bonds. The van der Waals surface area contributed by atoms with Crippen LogP contribution in [0.5, 0.6) is 0 Å². The van der Waals surface area contributed by atoms with Gasteiger partial charge in [-0.25, -0.2) is 0 Å². The van der Waals surface area contributed by atoms with Crippen molar-refractivity contribution in [2.24, 2.45) is 0 Å². The monoisotopic (exact) mass is 219 g/mol. The molecule has 0 heterocycles. The lowest BCUT2D eigenvalue weighted by Crippen LogP contribution is -2.39. The first kappa shape index (κ1) is 12.4. The van der Waals surface area contributed by atoms with Gasteiger partial charge < -0.3 is 5.32 Å². The molecule has 1 N–H and O–H groups in total. The summed E-state index contributed by atoms with van der Waals surface area (Å²) in [4.78, 5) is 22.2. The zero-order valence-electron chi connectivity index (χ0n) is 10.1. The summed E-state index contributed by atoms with van der Waals surface area (Å²) in [5.74, 6) is -0.0236. The number of Topliss-reactive ketones (excluding diaryl/α,β-unsaturated/α-hetero) is 1. The van der Waals surface area contributed by atoms with Crippen LogP contribution in [0, 0.1) is 0 Å². The van der Waals surface area contributed by atoms with E-state index in [1.165, 1.54) is 13.8 Å². The van der Waals surface area contributed by atoms with Gasteiger partial charge in [0.15, 0.2) is 5.78 Å². The summed E-state index contributed by atoms with van der Waals surface area (Å²) in [7, 11) is 0. The maximum atomic E-state index is 11.1. The van der Waals surface area contributed by atoms with Crippen LogP contribution in [0.3, 0.4) is 0 Å². The Kier molecular flexibility index (Phi) is 3.48. The molecule has 0 aliphatic rings. The molecule has 3 nitrogen and oxygen atoms in total. The molecule has 86 valence electrons. The quantitative estimate of drug-likeness (QED) is 0.792. The molecule has 16 heavy (non-hydrogen) atoms. The van der Waals surface area contributed by atoms with Crippen molar-refractivity contribution >= 4 is 11.7 Å². The van der Waals surface area contributed by atoms with Crippen molar-refractivity contribution in [2.45, 2.75) is 33.2 Å². The fourth-order valence-electron chi connectivity index (χ4n) is 1.63. The van der Waals surface area contributed by atoms with Gasteiger partial charge in [0.1, 0.15) is 0 Å². The van der Waals surface area contributed by atoms with E-state index in [1.54, 1.807) is 12.1 Å². The van der Waals surface area contributed by atoms with Crippen LogP contribution in [0.4, 0.5) is 0 Å². The van der Waals surface area contributed by atoms with Gasteiger partial charge in [-0.2, -0.15) is 0 Å². The zero-order chi connectivity index (χ0) is 12.3. The second-order valence-electron chi connectivity index (χ2n) is 4.44. The minimum Gasteiger partial charge on any atom is -0.347 e. The van der Waals surface area contributed by atoms with Crippen LogP contribution in [0.25, 0.3) is 0 Å². The standard InChI is InChI=1S/C13H17NO2/c1-9(15)11-5-7-12(8-6-11)13(3,4)14-10(2)16/h5-8H,1-4H3,(H,14,16). The van der Waals surface area contributed by atoms with Crippen molar-refractivity contribution in [1.82, 2.24) is 5.32 Å². The maximum absolute atomic E-state index is 11.1. The van der Waals surface area contributed by atoms with E-state index < -0.39 is 5.54 Å². The molecule has 0 atom stereocenters. The van der Waals surface area contributed by atoms with E-state index in [0.717, 1.165) is 5.56 Å². The Morgan fingerprint density at radius 3 is 1.94 bits per heavy atom. The van der Waals surface area contributed by atoms with Gasteiger partial charge in [0.05, 0.1) is 5.54 Å². The molecule has 1 aromatic rings. The van der Waals surface area contributed by atoms with Gasteiger partial charge in [0.2, 0.25) is 5.91 Å². The first-order chi connectivity index (χ1) is 7.33. The van der Waals surface area contributed by atoms with Crippen molar-refractivity contribution in [1.29, 1.82) is 0 Å². The average Bonchev–Trinajstić information content (AvgIpc) is 2.16. The summed E-state index contributed by atoms with van der Waals surface area (Å²) >= 11 is 0. The van der Waals surface area contributed by atoms with Gasteiger partial charge >= 0.3 is 0 Å². The van der Waals surface area contributed by atoms with Crippen molar-refractivity contribution < 1.29 is 9.59 Å². The molecule has 0 fully saturated rings. The summed E-state index contributed by atoms with van der Waals surface area (Å²) in [5.41, 5.74) is 1.25. The summed E-state index contributed by atoms with van der Waals surface area (Å²) in [6.07, 6.45) is 0. The predicted octanol–water partition coefficient (Wildman–Crippen LogP) is 2.26.